The van der Waals surface area contributed by atoms with Gasteiger partial charge in [-0.05, 0) is 6.08 Å². The molecule has 2 aliphatic rings. The van der Waals surface area contributed by atoms with Gasteiger partial charge < -0.3 is 41.9 Å². The van der Waals surface area contributed by atoms with Crippen LogP contribution in [0, 0.1) is 0 Å². The van der Waals surface area contributed by atoms with Crippen LogP contribution in [-0.2, 0) is 36.8 Å². The minimum Gasteiger partial charge on any atom is -0.493 e. The second kappa shape index (κ2) is 12.2. The van der Waals surface area contributed by atoms with Gasteiger partial charge in [0, 0.05) is 47.3 Å². The Morgan fingerprint density at radius 1 is 0.846 bits per heavy atom. The summed E-state index contributed by atoms with van der Waals surface area (Å²) in [6.45, 7) is 0.385. The zero-order valence-corrected chi connectivity index (χ0v) is 19.6. The molecule has 13 atom stereocenters. The molecule has 0 aliphatic carbocycles. The minimum atomic E-state index is -0.971. The molecule has 0 saturated carbocycles. The van der Waals surface area contributed by atoms with Crippen LogP contribution in [-0.4, -0.2) is 67.3 Å². The van der Waals surface area contributed by atoms with E-state index in [0.29, 0.717) is 0 Å². The third-order valence-corrected chi connectivity index (χ3v) is 5.44. The van der Waals surface area contributed by atoms with Crippen LogP contribution in [0.25, 0.3) is 0 Å². The van der Waals surface area contributed by atoms with Crippen molar-refractivity contribution in [3.8, 4) is 0 Å². The van der Waals surface area contributed by atoms with E-state index >= 15 is 0 Å². The highest BCUT2D eigenvalue weighted by atomic mass is 31.0. The lowest BCUT2D eigenvalue weighted by molar-refractivity contribution is -0.311. The van der Waals surface area contributed by atoms with Gasteiger partial charge in [-0.15, -0.1) is 0 Å². The second-order valence-corrected chi connectivity index (χ2v) is 7.09. The van der Waals surface area contributed by atoms with Crippen molar-refractivity contribution in [3.63, 3.8) is 0 Å². The first-order chi connectivity index (χ1) is 12.6. The van der Waals surface area contributed by atoms with Gasteiger partial charge in [0.25, 0.3) is 0 Å². The van der Waals surface area contributed by atoms with Crippen LogP contribution < -0.4 is 0 Å². The number of ether oxygens (including phenoxy) is 3. The molecule has 9 nitrogen and oxygen atoms in total. The lowest BCUT2D eigenvalue weighted by atomic mass is 9.99. The molecule has 2 aliphatic heterocycles. The van der Waals surface area contributed by atoms with Crippen molar-refractivity contribution in [1.82, 2.24) is 0 Å². The number of hydrogen-bond acceptors (Lipinski definition) is 9. The molecule has 0 aromatic heterocycles. The molecule has 8 unspecified atom stereocenters. The molecule has 1 fully saturated rings. The van der Waals surface area contributed by atoms with E-state index in [-0.39, 0.29) is 13.2 Å². The van der Waals surface area contributed by atoms with Gasteiger partial charge in [0.1, 0.15) is 36.6 Å². The van der Waals surface area contributed by atoms with Crippen molar-refractivity contribution in [3.05, 3.63) is 12.3 Å². The molecule has 0 aromatic carbocycles. The summed E-state index contributed by atoms with van der Waals surface area (Å²) in [5.41, 5.74) is 0. The van der Waals surface area contributed by atoms with Crippen LogP contribution in [0.3, 0.4) is 0 Å². The van der Waals surface area contributed by atoms with Gasteiger partial charge in [-0.25, -0.2) is 0 Å². The monoisotopic (exact) mass is 468 g/mol. The van der Waals surface area contributed by atoms with E-state index in [0.717, 1.165) is 0 Å². The fourth-order valence-electron chi connectivity index (χ4n) is 2.83. The molecule has 2 heterocycles. The smallest absolute Gasteiger partial charge is 0.187 e. The Hall–Kier alpha value is 1.37. The van der Waals surface area contributed by atoms with Crippen LogP contribution in [0.5, 0.6) is 0 Å². The number of aliphatic hydroxyl groups excluding tert-OH is 1. The highest BCUT2D eigenvalue weighted by molar-refractivity contribution is 7.10. The molecule has 1 N–H and O–H groups in total. The fraction of sp³-hybridized carbons (Fsp3) is 0.833. The summed E-state index contributed by atoms with van der Waals surface area (Å²) in [7, 11) is 10.8. The number of hydrogen-bond donors (Lipinski definition) is 1. The van der Waals surface area contributed by atoms with Crippen LogP contribution in [0.15, 0.2) is 12.3 Å². The predicted octanol–water partition coefficient (Wildman–Crippen LogP) is 0.509. The summed E-state index contributed by atoms with van der Waals surface area (Å²) in [5, 5.41) is 10.4. The van der Waals surface area contributed by atoms with Crippen LogP contribution in [0.1, 0.15) is 0 Å². The molecule has 2 rings (SSSR count). The average Bonchev–Trinajstić information content (AvgIpc) is 2.65. The zero-order chi connectivity index (χ0) is 19.1. The van der Waals surface area contributed by atoms with E-state index in [1.54, 1.807) is 6.08 Å². The van der Waals surface area contributed by atoms with E-state index in [9.17, 15) is 5.11 Å². The van der Waals surface area contributed by atoms with Gasteiger partial charge in [0.05, 0.1) is 19.5 Å². The van der Waals surface area contributed by atoms with Gasteiger partial charge in [-0.1, -0.05) is 0 Å². The van der Waals surface area contributed by atoms with Crippen molar-refractivity contribution >= 4 is 47.3 Å². The largest absolute Gasteiger partial charge is 0.493 e. The number of aliphatic hydroxyl groups is 1. The number of rotatable bonds is 9. The molecule has 0 bridgehead atoms. The predicted molar refractivity (Wildman–Crippen MR) is 109 cm³/mol. The third kappa shape index (κ3) is 5.71. The standard InChI is InChI=1S/C12H25O9P5/c13-8-6(3-15-22)17-12(11(21-26)10(8)20-25)18-9-5(19-24)1-2-14-7(9)4-16-23/h1-2,5-13H,3-4,22-26H2/t5-,6?,7?,8+,9+,10-,11?,12+/m1/s1. The Kier molecular flexibility index (Phi) is 11.1. The molecule has 0 amide bonds. The van der Waals surface area contributed by atoms with Crippen molar-refractivity contribution in [2.24, 2.45) is 0 Å². The molecule has 0 radical (unpaired) electrons. The maximum atomic E-state index is 10.4. The lowest BCUT2D eigenvalue weighted by Gasteiger charge is -2.45. The first-order valence-electron chi connectivity index (χ1n) is 7.62. The highest BCUT2D eigenvalue weighted by Gasteiger charge is 2.49. The van der Waals surface area contributed by atoms with Crippen molar-refractivity contribution in [2.75, 3.05) is 13.2 Å². The molecule has 1 saturated heterocycles. The first kappa shape index (κ1) is 23.6. The van der Waals surface area contributed by atoms with Crippen molar-refractivity contribution < 1.29 is 41.9 Å². The second-order valence-electron chi connectivity index (χ2n) is 5.61. The zero-order valence-electron chi connectivity index (χ0n) is 13.8. The maximum Gasteiger partial charge on any atom is 0.187 e. The third-order valence-electron chi connectivity index (χ3n) is 4.11. The van der Waals surface area contributed by atoms with Gasteiger partial charge in [0.15, 0.2) is 12.4 Å². The summed E-state index contributed by atoms with van der Waals surface area (Å²) in [6, 6.07) is 0. The Bertz CT molecular complexity index is 447. The van der Waals surface area contributed by atoms with Gasteiger partial charge in [-0.2, -0.15) is 0 Å². The normalized spacial score (nSPS) is 40.4. The Balaban J connectivity index is 2.20. The van der Waals surface area contributed by atoms with E-state index in [1.165, 1.54) is 6.26 Å². The quantitative estimate of drug-likeness (QED) is 0.486. The summed E-state index contributed by atoms with van der Waals surface area (Å²) in [5.74, 6) is 0. The van der Waals surface area contributed by atoms with Crippen LogP contribution in [0.2, 0.25) is 0 Å². The molecule has 0 spiro atoms. The van der Waals surface area contributed by atoms with E-state index < -0.39 is 49.0 Å². The van der Waals surface area contributed by atoms with Gasteiger partial charge >= 0.3 is 0 Å². The summed E-state index contributed by atoms with van der Waals surface area (Å²) >= 11 is 0. The summed E-state index contributed by atoms with van der Waals surface area (Å²) < 4.78 is 43.8. The van der Waals surface area contributed by atoms with E-state index in [4.69, 9.17) is 36.8 Å². The average molecular weight is 468 g/mol. The SMILES string of the molecule is O[C@H]1C(COP)O[C@@H](O[C@@H]2C(COP)OC=C[C@H]2OP)C(OP)[C@@H]1OP. The lowest BCUT2D eigenvalue weighted by Crippen LogP contribution is -2.61. The molecule has 152 valence electrons. The molecule has 14 heteroatoms. The summed E-state index contributed by atoms with van der Waals surface area (Å²) in [4.78, 5) is 0. The van der Waals surface area contributed by atoms with Gasteiger partial charge in [0.2, 0.25) is 0 Å². The van der Waals surface area contributed by atoms with Crippen LogP contribution >= 0.6 is 47.3 Å². The van der Waals surface area contributed by atoms with E-state index in [1.807, 2.05) is 0 Å². The maximum absolute atomic E-state index is 10.4. The Labute approximate surface area is 164 Å². The first-order valence-corrected chi connectivity index (χ1v) is 9.98. The fourth-order valence-corrected chi connectivity index (χ4v) is 4.05. The van der Waals surface area contributed by atoms with Gasteiger partial charge in [-0.3, -0.25) is 0 Å². The topological polar surface area (TPSA) is 94.1 Å². The molecule has 26 heavy (non-hydrogen) atoms. The van der Waals surface area contributed by atoms with Crippen LogP contribution in [0.4, 0.5) is 0 Å². The van der Waals surface area contributed by atoms with Crippen molar-refractivity contribution in [2.45, 2.75) is 49.0 Å². The molecular weight excluding hydrogens is 443 g/mol. The Morgan fingerprint density at radius 3 is 2.08 bits per heavy atom. The summed E-state index contributed by atoms with van der Waals surface area (Å²) in [6.07, 6.45) is -2.09. The Morgan fingerprint density at radius 2 is 1.50 bits per heavy atom. The molecule has 0 aromatic rings. The minimum absolute atomic E-state index is 0.128. The van der Waals surface area contributed by atoms with Crippen molar-refractivity contribution in [1.29, 1.82) is 0 Å². The molecular formula is C12H25O9P5. The highest BCUT2D eigenvalue weighted by Crippen LogP contribution is 2.32. The van der Waals surface area contributed by atoms with E-state index in [2.05, 4.69) is 47.3 Å².